The second-order valence-electron chi connectivity index (χ2n) is 5.02. The molecular formula is C14H20N2O3. The van der Waals surface area contributed by atoms with Gasteiger partial charge in [0, 0.05) is 30.5 Å². The fourth-order valence-corrected chi connectivity index (χ4v) is 2.39. The zero-order valence-corrected chi connectivity index (χ0v) is 11.4. The van der Waals surface area contributed by atoms with E-state index in [1.807, 2.05) is 6.92 Å². The predicted molar refractivity (Wildman–Crippen MR) is 74.5 cm³/mol. The summed E-state index contributed by atoms with van der Waals surface area (Å²) in [5.74, 6) is 0. The Labute approximate surface area is 113 Å². The topological polar surface area (TPSA) is 64.4 Å². The molecule has 19 heavy (non-hydrogen) atoms. The monoisotopic (exact) mass is 264 g/mol. The van der Waals surface area contributed by atoms with Gasteiger partial charge in [0.25, 0.3) is 5.69 Å². The number of rotatable bonds is 4. The molecule has 0 spiro atoms. The van der Waals surface area contributed by atoms with Crippen molar-refractivity contribution in [3.05, 3.63) is 33.9 Å². The van der Waals surface area contributed by atoms with Gasteiger partial charge in [-0.25, -0.2) is 0 Å². The first-order valence-electron chi connectivity index (χ1n) is 6.73. The minimum Gasteiger partial charge on any atom is -0.382 e. The molecule has 0 radical (unpaired) electrons. The number of nitro benzene ring substituents is 1. The molecule has 1 aliphatic rings. The van der Waals surface area contributed by atoms with Gasteiger partial charge >= 0.3 is 0 Å². The molecule has 0 amide bonds. The minimum atomic E-state index is -0.358. The number of nitro groups is 1. The molecule has 5 nitrogen and oxygen atoms in total. The highest BCUT2D eigenvalue weighted by atomic mass is 16.6. The molecule has 2 rings (SSSR count). The number of aryl methyl sites for hydroxylation is 1. The molecule has 2 atom stereocenters. The van der Waals surface area contributed by atoms with Crippen LogP contribution in [0.1, 0.15) is 31.7 Å². The van der Waals surface area contributed by atoms with E-state index in [0.29, 0.717) is 12.1 Å². The molecule has 0 saturated carbocycles. The molecule has 1 aliphatic heterocycles. The maximum absolute atomic E-state index is 10.8. The molecule has 5 heteroatoms. The smallest absolute Gasteiger partial charge is 0.271 e. The normalized spacial score (nSPS) is 23.1. The predicted octanol–water partition coefficient (Wildman–Crippen LogP) is 3.27. The quantitative estimate of drug-likeness (QED) is 0.669. The van der Waals surface area contributed by atoms with Crippen molar-refractivity contribution in [2.24, 2.45) is 0 Å². The summed E-state index contributed by atoms with van der Waals surface area (Å²) in [5, 5.41) is 14.2. The van der Waals surface area contributed by atoms with E-state index in [9.17, 15) is 10.1 Å². The van der Waals surface area contributed by atoms with Crippen LogP contribution in [0.2, 0.25) is 0 Å². The Hall–Kier alpha value is -1.62. The molecule has 0 bridgehead atoms. The standard InChI is InChI=1S/C14H20N2O3/c1-3-13-8-11(6-7-19-13)15-14-9-12(16(17)18)5-4-10(14)2/h4-5,9,11,13,15H,3,6-8H2,1-2H3. The third kappa shape index (κ3) is 3.44. The SMILES string of the molecule is CCC1CC(Nc2cc([N+](=O)[O-])ccc2C)CCO1. The van der Waals surface area contributed by atoms with Crippen LogP contribution >= 0.6 is 0 Å². The first-order valence-corrected chi connectivity index (χ1v) is 6.73. The van der Waals surface area contributed by atoms with Gasteiger partial charge in [-0.05, 0) is 31.7 Å². The highest BCUT2D eigenvalue weighted by Crippen LogP contribution is 2.26. The number of hydrogen-bond acceptors (Lipinski definition) is 4. The first kappa shape index (κ1) is 13.8. The lowest BCUT2D eigenvalue weighted by atomic mass is 10.0. The lowest BCUT2D eigenvalue weighted by Crippen LogP contribution is -2.33. The number of nitrogens with one attached hydrogen (secondary N) is 1. The van der Waals surface area contributed by atoms with E-state index >= 15 is 0 Å². The number of ether oxygens (including phenoxy) is 1. The molecular weight excluding hydrogens is 244 g/mol. The second-order valence-corrected chi connectivity index (χ2v) is 5.02. The lowest BCUT2D eigenvalue weighted by Gasteiger charge is -2.30. The van der Waals surface area contributed by atoms with Crippen molar-refractivity contribution in [2.75, 3.05) is 11.9 Å². The molecule has 1 heterocycles. The zero-order chi connectivity index (χ0) is 13.8. The van der Waals surface area contributed by atoms with Gasteiger partial charge in [0.1, 0.15) is 0 Å². The Morgan fingerprint density at radius 1 is 1.53 bits per heavy atom. The van der Waals surface area contributed by atoms with Gasteiger partial charge in [0.15, 0.2) is 0 Å². The van der Waals surface area contributed by atoms with Gasteiger partial charge in [0.05, 0.1) is 11.0 Å². The fraction of sp³-hybridized carbons (Fsp3) is 0.571. The molecule has 1 saturated heterocycles. The van der Waals surface area contributed by atoms with Crippen LogP contribution in [0.25, 0.3) is 0 Å². The van der Waals surface area contributed by atoms with E-state index in [1.165, 1.54) is 0 Å². The molecule has 1 aromatic rings. The van der Waals surface area contributed by atoms with Crippen LogP contribution in [0, 0.1) is 17.0 Å². The van der Waals surface area contributed by atoms with E-state index in [1.54, 1.807) is 18.2 Å². The van der Waals surface area contributed by atoms with E-state index in [4.69, 9.17) is 4.74 Å². The zero-order valence-electron chi connectivity index (χ0n) is 11.4. The third-order valence-electron chi connectivity index (χ3n) is 3.61. The summed E-state index contributed by atoms with van der Waals surface area (Å²) >= 11 is 0. The maximum atomic E-state index is 10.8. The van der Waals surface area contributed by atoms with Gasteiger partial charge < -0.3 is 10.1 Å². The summed E-state index contributed by atoms with van der Waals surface area (Å²) < 4.78 is 5.64. The highest BCUT2D eigenvalue weighted by Gasteiger charge is 2.22. The molecule has 2 unspecified atom stereocenters. The van der Waals surface area contributed by atoms with Crippen LogP contribution in [0.3, 0.4) is 0 Å². The summed E-state index contributed by atoms with van der Waals surface area (Å²) in [6.07, 6.45) is 3.20. The summed E-state index contributed by atoms with van der Waals surface area (Å²) in [6, 6.07) is 5.28. The fourth-order valence-electron chi connectivity index (χ4n) is 2.39. The van der Waals surface area contributed by atoms with E-state index in [0.717, 1.165) is 37.1 Å². The molecule has 1 N–H and O–H groups in total. The van der Waals surface area contributed by atoms with Crippen LogP contribution in [0.5, 0.6) is 0 Å². The highest BCUT2D eigenvalue weighted by molar-refractivity contribution is 5.57. The molecule has 0 aromatic heterocycles. The van der Waals surface area contributed by atoms with Crippen LogP contribution in [0.15, 0.2) is 18.2 Å². The molecule has 0 aliphatic carbocycles. The Kier molecular flexibility index (Phi) is 4.37. The summed E-state index contributed by atoms with van der Waals surface area (Å²) in [4.78, 5) is 10.5. The first-order chi connectivity index (χ1) is 9.10. The van der Waals surface area contributed by atoms with Gasteiger partial charge in [-0.2, -0.15) is 0 Å². The largest absolute Gasteiger partial charge is 0.382 e. The molecule has 1 fully saturated rings. The average molecular weight is 264 g/mol. The summed E-state index contributed by atoms with van der Waals surface area (Å²) in [5.41, 5.74) is 2.02. The van der Waals surface area contributed by atoms with Crippen LogP contribution in [0.4, 0.5) is 11.4 Å². The van der Waals surface area contributed by atoms with Gasteiger partial charge in [-0.15, -0.1) is 0 Å². The van der Waals surface area contributed by atoms with Crippen molar-refractivity contribution in [3.63, 3.8) is 0 Å². The van der Waals surface area contributed by atoms with Crippen LogP contribution < -0.4 is 5.32 Å². The maximum Gasteiger partial charge on any atom is 0.271 e. The van der Waals surface area contributed by atoms with E-state index in [2.05, 4.69) is 12.2 Å². The van der Waals surface area contributed by atoms with Crippen molar-refractivity contribution in [1.29, 1.82) is 0 Å². The number of non-ortho nitro benzene ring substituents is 1. The Bertz CT molecular complexity index is 462. The number of nitrogens with zero attached hydrogens (tertiary/aromatic N) is 1. The average Bonchev–Trinajstić information content (AvgIpc) is 2.41. The van der Waals surface area contributed by atoms with Gasteiger partial charge in [-0.3, -0.25) is 10.1 Å². The summed E-state index contributed by atoms with van der Waals surface area (Å²) in [6.45, 7) is 4.83. The lowest BCUT2D eigenvalue weighted by molar-refractivity contribution is -0.384. The van der Waals surface area contributed by atoms with Crippen molar-refractivity contribution < 1.29 is 9.66 Å². The van der Waals surface area contributed by atoms with E-state index < -0.39 is 0 Å². The van der Waals surface area contributed by atoms with Gasteiger partial charge in [-0.1, -0.05) is 13.0 Å². The third-order valence-corrected chi connectivity index (χ3v) is 3.61. The summed E-state index contributed by atoms with van der Waals surface area (Å²) in [7, 11) is 0. The van der Waals surface area contributed by atoms with Crippen molar-refractivity contribution in [2.45, 2.75) is 45.3 Å². The van der Waals surface area contributed by atoms with Gasteiger partial charge in [0.2, 0.25) is 0 Å². The Morgan fingerprint density at radius 3 is 3.00 bits per heavy atom. The Morgan fingerprint density at radius 2 is 2.32 bits per heavy atom. The van der Waals surface area contributed by atoms with Crippen molar-refractivity contribution >= 4 is 11.4 Å². The number of benzene rings is 1. The minimum absolute atomic E-state index is 0.132. The van der Waals surface area contributed by atoms with Crippen LogP contribution in [-0.4, -0.2) is 23.7 Å². The Balaban J connectivity index is 2.09. The second kappa shape index (κ2) is 6.02. The number of anilines is 1. The van der Waals surface area contributed by atoms with Crippen molar-refractivity contribution in [3.8, 4) is 0 Å². The molecule has 104 valence electrons. The van der Waals surface area contributed by atoms with Crippen molar-refractivity contribution in [1.82, 2.24) is 0 Å². The van der Waals surface area contributed by atoms with Crippen LogP contribution in [-0.2, 0) is 4.74 Å². The van der Waals surface area contributed by atoms with E-state index in [-0.39, 0.29) is 10.6 Å². The molecule has 1 aromatic carbocycles. The number of hydrogen-bond donors (Lipinski definition) is 1.